The van der Waals surface area contributed by atoms with Crippen LogP contribution in [0.2, 0.25) is 0 Å². The predicted octanol–water partition coefficient (Wildman–Crippen LogP) is 1.04. The maximum Gasteiger partial charge on any atom is 0.230 e. The minimum Gasteiger partial charge on any atom is -0.355 e. The van der Waals surface area contributed by atoms with Gasteiger partial charge in [-0.25, -0.2) is 4.98 Å². The third kappa shape index (κ3) is 3.27. The zero-order valence-corrected chi connectivity index (χ0v) is 9.59. The van der Waals surface area contributed by atoms with Crippen molar-refractivity contribution in [3.63, 3.8) is 0 Å². The van der Waals surface area contributed by atoms with Crippen molar-refractivity contribution < 1.29 is 4.79 Å². The third-order valence-electron chi connectivity index (χ3n) is 2.39. The summed E-state index contributed by atoms with van der Waals surface area (Å²) in [5.41, 5.74) is 0. The molecular weight excluding hydrogens is 210 g/mol. The first-order valence-corrected chi connectivity index (χ1v) is 6.11. The van der Waals surface area contributed by atoms with Gasteiger partial charge in [0.25, 0.3) is 0 Å². The summed E-state index contributed by atoms with van der Waals surface area (Å²) < 4.78 is 1.92. The number of thioether (sulfide) groups is 1. The van der Waals surface area contributed by atoms with E-state index in [1.54, 1.807) is 6.20 Å². The number of nitrogens with zero attached hydrogens (tertiary/aromatic N) is 2. The van der Waals surface area contributed by atoms with Crippen LogP contribution >= 0.6 is 11.8 Å². The van der Waals surface area contributed by atoms with Gasteiger partial charge in [0.1, 0.15) is 0 Å². The average Bonchev–Trinajstić information content (AvgIpc) is 2.96. The minimum absolute atomic E-state index is 0.106. The van der Waals surface area contributed by atoms with E-state index in [1.807, 2.05) is 17.8 Å². The molecule has 0 unspecified atom stereocenters. The lowest BCUT2D eigenvalue weighted by molar-refractivity contribution is -0.118. The number of hydrogen-bond acceptors (Lipinski definition) is 3. The Morgan fingerprint density at radius 3 is 3.13 bits per heavy atom. The second-order valence-corrected chi connectivity index (χ2v) is 4.80. The van der Waals surface area contributed by atoms with E-state index in [-0.39, 0.29) is 5.91 Å². The highest BCUT2D eigenvalue weighted by Crippen LogP contribution is 2.27. The van der Waals surface area contributed by atoms with Crippen LogP contribution in [-0.2, 0) is 11.8 Å². The molecule has 1 heterocycles. The molecule has 4 nitrogen and oxygen atoms in total. The Labute approximate surface area is 93.5 Å². The van der Waals surface area contributed by atoms with Gasteiger partial charge in [0.2, 0.25) is 5.91 Å². The lowest BCUT2D eigenvalue weighted by atomic mass is 10.4. The zero-order chi connectivity index (χ0) is 10.7. The van der Waals surface area contributed by atoms with Crippen LogP contribution in [0.4, 0.5) is 0 Å². The van der Waals surface area contributed by atoms with Crippen molar-refractivity contribution in [2.45, 2.75) is 18.0 Å². The molecule has 2 rings (SSSR count). The van der Waals surface area contributed by atoms with E-state index in [0.29, 0.717) is 5.75 Å². The molecule has 1 saturated carbocycles. The summed E-state index contributed by atoms with van der Waals surface area (Å²) in [7, 11) is 1.93. The van der Waals surface area contributed by atoms with Gasteiger partial charge in [0, 0.05) is 26.0 Å². The maximum absolute atomic E-state index is 11.4. The van der Waals surface area contributed by atoms with Crippen molar-refractivity contribution in [2.24, 2.45) is 13.0 Å². The number of aromatic nitrogens is 2. The Hall–Kier alpha value is -0.970. The topological polar surface area (TPSA) is 46.9 Å². The van der Waals surface area contributed by atoms with Crippen molar-refractivity contribution in [2.75, 3.05) is 12.3 Å². The number of hydrogen-bond donors (Lipinski definition) is 1. The van der Waals surface area contributed by atoms with Gasteiger partial charge in [-0.15, -0.1) is 0 Å². The molecule has 0 bridgehead atoms. The van der Waals surface area contributed by atoms with E-state index < -0.39 is 0 Å². The molecule has 82 valence electrons. The van der Waals surface area contributed by atoms with E-state index >= 15 is 0 Å². The lowest BCUT2D eigenvalue weighted by Gasteiger charge is -2.03. The van der Waals surface area contributed by atoms with E-state index in [2.05, 4.69) is 10.3 Å². The first-order valence-electron chi connectivity index (χ1n) is 5.12. The van der Waals surface area contributed by atoms with Crippen LogP contribution < -0.4 is 5.32 Å². The van der Waals surface area contributed by atoms with E-state index in [0.717, 1.165) is 17.6 Å². The molecular formula is C10H15N3OS. The Balaban J connectivity index is 1.68. The number of aryl methyl sites for hydroxylation is 1. The molecule has 0 radical (unpaired) electrons. The average molecular weight is 225 g/mol. The summed E-state index contributed by atoms with van der Waals surface area (Å²) in [6.45, 7) is 0.847. The number of nitrogens with one attached hydrogen (secondary N) is 1. The highest BCUT2D eigenvalue weighted by atomic mass is 32.2. The first-order chi connectivity index (χ1) is 7.25. The number of amides is 1. The fourth-order valence-corrected chi connectivity index (χ4v) is 2.01. The lowest BCUT2D eigenvalue weighted by Crippen LogP contribution is -2.27. The van der Waals surface area contributed by atoms with Gasteiger partial charge in [-0.05, 0) is 18.8 Å². The Morgan fingerprint density at radius 2 is 2.53 bits per heavy atom. The van der Waals surface area contributed by atoms with Crippen molar-refractivity contribution in [3.05, 3.63) is 12.4 Å². The molecule has 1 N–H and O–H groups in total. The molecule has 0 aliphatic heterocycles. The molecule has 1 aliphatic rings. The first kappa shape index (κ1) is 10.5. The van der Waals surface area contributed by atoms with Crippen LogP contribution in [0.1, 0.15) is 12.8 Å². The van der Waals surface area contributed by atoms with Crippen molar-refractivity contribution >= 4 is 17.7 Å². The summed E-state index contributed by atoms with van der Waals surface area (Å²) in [6.07, 6.45) is 6.16. The minimum atomic E-state index is 0.106. The summed E-state index contributed by atoms with van der Waals surface area (Å²) in [5, 5.41) is 3.82. The fraction of sp³-hybridized carbons (Fsp3) is 0.600. The van der Waals surface area contributed by atoms with Gasteiger partial charge in [0.05, 0.1) is 5.75 Å². The van der Waals surface area contributed by atoms with Gasteiger partial charge >= 0.3 is 0 Å². The standard InChI is InChI=1S/C10H15N3OS/c1-13-5-4-11-10(13)15-7-9(14)12-6-8-2-3-8/h4-5,8H,2-3,6-7H2,1H3,(H,12,14). The quantitative estimate of drug-likeness (QED) is 0.762. The van der Waals surface area contributed by atoms with Crippen molar-refractivity contribution in [1.82, 2.24) is 14.9 Å². The zero-order valence-electron chi connectivity index (χ0n) is 8.77. The van der Waals surface area contributed by atoms with Gasteiger partial charge in [-0.1, -0.05) is 11.8 Å². The largest absolute Gasteiger partial charge is 0.355 e. The molecule has 0 aromatic carbocycles. The molecule has 0 spiro atoms. The summed E-state index contributed by atoms with van der Waals surface area (Å²) >= 11 is 1.47. The number of rotatable bonds is 5. The molecule has 0 saturated heterocycles. The van der Waals surface area contributed by atoms with Gasteiger partial charge in [-0.3, -0.25) is 4.79 Å². The smallest absolute Gasteiger partial charge is 0.230 e. The van der Waals surface area contributed by atoms with Crippen LogP contribution in [0.15, 0.2) is 17.6 Å². The molecule has 1 amide bonds. The Kier molecular flexibility index (Phi) is 3.30. The second kappa shape index (κ2) is 4.70. The van der Waals surface area contributed by atoms with Crippen LogP contribution in [0.25, 0.3) is 0 Å². The number of carbonyl (C=O) groups excluding carboxylic acids is 1. The van der Waals surface area contributed by atoms with Gasteiger partial charge < -0.3 is 9.88 Å². The fourth-order valence-electron chi connectivity index (χ4n) is 1.25. The summed E-state index contributed by atoms with van der Waals surface area (Å²) in [4.78, 5) is 15.6. The SMILES string of the molecule is Cn1ccnc1SCC(=O)NCC1CC1. The van der Waals surface area contributed by atoms with E-state index in [9.17, 15) is 4.79 Å². The molecule has 0 atom stereocenters. The molecule has 1 fully saturated rings. The number of imidazole rings is 1. The highest BCUT2D eigenvalue weighted by Gasteiger charge is 2.21. The maximum atomic E-state index is 11.4. The highest BCUT2D eigenvalue weighted by molar-refractivity contribution is 7.99. The normalized spacial score (nSPS) is 15.3. The van der Waals surface area contributed by atoms with Crippen LogP contribution in [-0.4, -0.2) is 27.8 Å². The molecule has 15 heavy (non-hydrogen) atoms. The van der Waals surface area contributed by atoms with Gasteiger partial charge in [0.15, 0.2) is 5.16 Å². The second-order valence-electron chi connectivity index (χ2n) is 3.86. The van der Waals surface area contributed by atoms with Gasteiger partial charge in [-0.2, -0.15) is 0 Å². The van der Waals surface area contributed by atoms with Crippen molar-refractivity contribution in [3.8, 4) is 0 Å². The third-order valence-corrected chi connectivity index (χ3v) is 3.45. The Bertz CT molecular complexity index is 346. The predicted molar refractivity (Wildman–Crippen MR) is 59.7 cm³/mol. The van der Waals surface area contributed by atoms with Crippen LogP contribution in [0.3, 0.4) is 0 Å². The summed E-state index contributed by atoms with van der Waals surface area (Å²) in [5.74, 6) is 1.31. The van der Waals surface area contributed by atoms with Crippen LogP contribution in [0.5, 0.6) is 0 Å². The van der Waals surface area contributed by atoms with E-state index in [4.69, 9.17) is 0 Å². The monoisotopic (exact) mass is 225 g/mol. The number of carbonyl (C=O) groups is 1. The van der Waals surface area contributed by atoms with Crippen LogP contribution in [0, 0.1) is 5.92 Å². The van der Waals surface area contributed by atoms with E-state index in [1.165, 1.54) is 24.6 Å². The molecule has 1 aliphatic carbocycles. The Morgan fingerprint density at radius 1 is 1.73 bits per heavy atom. The molecule has 1 aromatic heterocycles. The summed E-state index contributed by atoms with van der Waals surface area (Å²) in [6, 6.07) is 0. The molecule has 5 heteroatoms. The molecule has 1 aromatic rings. The van der Waals surface area contributed by atoms with Crippen molar-refractivity contribution in [1.29, 1.82) is 0 Å².